The molecule has 0 amide bonds. The first-order valence-corrected chi connectivity index (χ1v) is 10.5. The molecule has 0 unspecified atom stereocenters. The highest BCUT2D eigenvalue weighted by Crippen LogP contribution is 2.17. The van der Waals surface area contributed by atoms with E-state index in [0.717, 1.165) is 5.56 Å². The van der Waals surface area contributed by atoms with Crippen molar-refractivity contribution in [1.29, 1.82) is 0 Å². The molecule has 6 nitrogen and oxygen atoms in total. The first-order valence-electron chi connectivity index (χ1n) is 10.5. The van der Waals surface area contributed by atoms with Crippen LogP contribution in [0.25, 0.3) is 0 Å². The summed E-state index contributed by atoms with van der Waals surface area (Å²) in [6.45, 7) is 0.897. The van der Waals surface area contributed by atoms with Gasteiger partial charge < -0.3 is 19.3 Å². The van der Waals surface area contributed by atoms with E-state index in [0.29, 0.717) is 42.3 Å². The van der Waals surface area contributed by atoms with Gasteiger partial charge in [0.05, 0.1) is 13.2 Å². The van der Waals surface area contributed by atoms with Crippen LogP contribution in [0.2, 0.25) is 0 Å². The number of carboxylic acids is 1. The molecule has 3 aromatic rings. The number of hydrogen-bond acceptors (Lipinski definition) is 5. The summed E-state index contributed by atoms with van der Waals surface area (Å²) in [5.74, 6) is -0.228. The Hall–Kier alpha value is -3.71. The van der Waals surface area contributed by atoms with E-state index in [4.69, 9.17) is 19.3 Å². The lowest BCUT2D eigenvalue weighted by atomic mass is 10.0. The first kappa shape index (κ1) is 23.9. The van der Waals surface area contributed by atoms with Gasteiger partial charge in [0.1, 0.15) is 17.3 Å². The Kier molecular flexibility index (Phi) is 8.55. The van der Waals surface area contributed by atoms with Crippen LogP contribution in [0.3, 0.4) is 0 Å². The van der Waals surface area contributed by atoms with Crippen LogP contribution in [0.15, 0.2) is 72.8 Å². The Morgan fingerprint density at radius 3 is 1.79 bits per heavy atom. The molecule has 33 heavy (non-hydrogen) atoms. The van der Waals surface area contributed by atoms with Crippen molar-refractivity contribution >= 4 is 11.8 Å². The average molecular weight is 452 g/mol. The minimum absolute atomic E-state index is 0.179. The topological polar surface area (TPSA) is 82.1 Å². The Morgan fingerprint density at radius 2 is 1.30 bits per heavy atom. The third kappa shape index (κ3) is 7.15. The average Bonchev–Trinajstić information content (AvgIpc) is 2.83. The van der Waals surface area contributed by atoms with E-state index in [-0.39, 0.29) is 18.0 Å². The fourth-order valence-corrected chi connectivity index (χ4v) is 3.12. The molecule has 1 N–H and O–H groups in total. The monoisotopic (exact) mass is 452 g/mol. The van der Waals surface area contributed by atoms with Crippen LogP contribution in [-0.2, 0) is 16.0 Å². The maximum atomic E-state index is 13.0. The molecule has 0 aliphatic heterocycles. The number of carboxylic acid groups (broad SMARTS) is 1. The molecule has 0 saturated carbocycles. The van der Waals surface area contributed by atoms with Crippen molar-refractivity contribution < 1.29 is 33.3 Å². The van der Waals surface area contributed by atoms with E-state index >= 15 is 0 Å². The van der Waals surface area contributed by atoms with E-state index in [1.807, 2.05) is 12.1 Å². The van der Waals surface area contributed by atoms with Crippen molar-refractivity contribution in [2.75, 3.05) is 20.3 Å². The summed E-state index contributed by atoms with van der Waals surface area (Å²) >= 11 is 0. The zero-order chi connectivity index (χ0) is 23.6. The number of carbonyl (C=O) groups is 2. The van der Waals surface area contributed by atoms with Gasteiger partial charge in [-0.1, -0.05) is 12.1 Å². The molecule has 0 aliphatic rings. The molecule has 0 spiro atoms. The highest BCUT2D eigenvalue weighted by Gasteiger charge is 2.16. The van der Waals surface area contributed by atoms with E-state index in [9.17, 15) is 14.0 Å². The van der Waals surface area contributed by atoms with Gasteiger partial charge >= 0.3 is 5.97 Å². The summed E-state index contributed by atoms with van der Waals surface area (Å²) in [6, 6.07) is 19.5. The summed E-state index contributed by atoms with van der Waals surface area (Å²) in [5, 5.41) is 9.04. The third-order valence-electron chi connectivity index (χ3n) is 4.95. The molecule has 0 radical (unpaired) electrons. The standard InChI is InChI=1S/C26H25FO6/c1-31-24(26(29)30)17-18-3-11-22(12-4-18)32-15-2-16-33-23-13-7-20(8-14-23)25(28)19-5-9-21(27)10-6-19/h3-14,24H,2,15-17H2,1H3,(H,29,30)/t24-/m0/s1. The SMILES string of the molecule is CO[C@@H](Cc1ccc(OCCCOc2ccc(C(=O)c3ccc(F)cc3)cc2)cc1)C(=O)O. The number of halogens is 1. The molecule has 0 saturated heterocycles. The fourth-order valence-electron chi connectivity index (χ4n) is 3.12. The van der Waals surface area contributed by atoms with Crippen molar-refractivity contribution in [2.24, 2.45) is 0 Å². The highest BCUT2D eigenvalue weighted by atomic mass is 19.1. The molecule has 3 aromatic carbocycles. The van der Waals surface area contributed by atoms with E-state index < -0.39 is 12.1 Å². The minimum Gasteiger partial charge on any atom is -0.493 e. The van der Waals surface area contributed by atoms with Crippen molar-refractivity contribution in [1.82, 2.24) is 0 Å². The molecule has 7 heteroatoms. The zero-order valence-electron chi connectivity index (χ0n) is 18.2. The molecule has 0 aromatic heterocycles. The lowest BCUT2D eigenvalue weighted by Crippen LogP contribution is -2.24. The maximum absolute atomic E-state index is 13.0. The van der Waals surface area contributed by atoms with Gasteiger partial charge in [-0.3, -0.25) is 4.79 Å². The fraction of sp³-hybridized carbons (Fsp3) is 0.231. The normalized spacial score (nSPS) is 11.6. The Bertz CT molecular complexity index is 1050. The summed E-state index contributed by atoms with van der Waals surface area (Å²) in [6.07, 6.45) is 0.0702. The van der Waals surface area contributed by atoms with Crippen LogP contribution in [0, 0.1) is 5.82 Å². The Balaban J connectivity index is 1.39. The second-order valence-corrected chi connectivity index (χ2v) is 7.32. The minimum atomic E-state index is -0.994. The van der Waals surface area contributed by atoms with Crippen molar-refractivity contribution in [2.45, 2.75) is 18.9 Å². The lowest BCUT2D eigenvalue weighted by molar-refractivity contribution is -0.148. The quantitative estimate of drug-likeness (QED) is 0.321. The molecular formula is C26H25FO6. The number of aliphatic carboxylic acids is 1. The number of methoxy groups -OCH3 is 1. The molecular weight excluding hydrogens is 427 g/mol. The molecule has 3 rings (SSSR count). The third-order valence-corrected chi connectivity index (χ3v) is 4.95. The van der Waals surface area contributed by atoms with Crippen LogP contribution in [-0.4, -0.2) is 43.3 Å². The smallest absolute Gasteiger partial charge is 0.333 e. The summed E-state index contributed by atoms with van der Waals surface area (Å²) in [4.78, 5) is 23.4. The Labute approximate surface area is 191 Å². The van der Waals surface area contributed by atoms with Crippen molar-refractivity contribution in [3.8, 4) is 11.5 Å². The van der Waals surface area contributed by atoms with Crippen LogP contribution < -0.4 is 9.47 Å². The van der Waals surface area contributed by atoms with Gasteiger partial charge in [0.15, 0.2) is 11.9 Å². The number of rotatable bonds is 12. The molecule has 0 bridgehead atoms. The first-order chi connectivity index (χ1) is 16.0. The van der Waals surface area contributed by atoms with Crippen molar-refractivity contribution in [3.63, 3.8) is 0 Å². The van der Waals surface area contributed by atoms with Crippen LogP contribution in [0.1, 0.15) is 27.9 Å². The number of ketones is 1. The predicted molar refractivity (Wildman–Crippen MR) is 120 cm³/mol. The van der Waals surface area contributed by atoms with Gasteiger partial charge in [0.2, 0.25) is 0 Å². The van der Waals surface area contributed by atoms with Crippen LogP contribution in [0.4, 0.5) is 4.39 Å². The van der Waals surface area contributed by atoms with Crippen LogP contribution >= 0.6 is 0 Å². The van der Waals surface area contributed by atoms with Gasteiger partial charge in [-0.05, 0) is 66.2 Å². The van der Waals surface area contributed by atoms with Gasteiger partial charge in [-0.15, -0.1) is 0 Å². The molecule has 0 aliphatic carbocycles. The lowest BCUT2D eigenvalue weighted by Gasteiger charge is -2.11. The number of ether oxygens (including phenoxy) is 3. The van der Waals surface area contributed by atoms with Gasteiger partial charge in [0.25, 0.3) is 0 Å². The second kappa shape index (κ2) is 11.8. The molecule has 0 fully saturated rings. The molecule has 1 atom stereocenters. The second-order valence-electron chi connectivity index (χ2n) is 7.32. The summed E-state index contributed by atoms with van der Waals surface area (Å²) in [7, 11) is 1.38. The van der Waals surface area contributed by atoms with Crippen molar-refractivity contribution in [3.05, 3.63) is 95.3 Å². The van der Waals surface area contributed by atoms with E-state index in [1.54, 1.807) is 36.4 Å². The van der Waals surface area contributed by atoms with Gasteiger partial charge in [-0.25, -0.2) is 9.18 Å². The summed E-state index contributed by atoms with van der Waals surface area (Å²) in [5.41, 5.74) is 1.78. The van der Waals surface area contributed by atoms with Gasteiger partial charge in [0, 0.05) is 31.1 Å². The molecule has 172 valence electrons. The van der Waals surface area contributed by atoms with E-state index in [1.165, 1.54) is 31.4 Å². The number of carbonyl (C=O) groups excluding carboxylic acids is 1. The number of hydrogen-bond donors (Lipinski definition) is 1. The Morgan fingerprint density at radius 1 is 0.818 bits per heavy atom. The summed E-state index contributed by atoms with van der Waals surface area (Å²) < 4.78 is 29.3. The number of benzene rings is 3. The molecule has 0 heterocycles. The zero-order valence-corrected chi connectivity index (χ0v) is 18.2. The maximum Gasteiger partial charge on any atom is 0.333 e. The van der Waals surface area contributed by atoms with Crippen LogP contribution in [0.5, 0.6) is 11.5 Å². The largest absolute Gasteiger partial charge is 0.493 e. The van der Waals surface area contributed by atoms with E-state index in [2.05, 4.69) is 0 Å². The highest BCUT2D eigenvalue weighted by molar-refractivity contribution is 6.08. The predicted octanol–water partition coefficient (Wildman–Crippen LogP) is 4.55. The van der Waals surface area contributed by atoms with Gasteiger partial charge in [-0.2, -0.15) is 0 Å².